The van der Waals surface area contributed by atoms with Crippen molar-refractivity contribution < 1.29 is 38.8 Å². The molecule has 0 saturated heterocycles. The molecule has 2 N–H and O–H groups in total. The van der Waals surface area contributed by atoms with E-state index in [-0.39, 0.29) is 42.1 Å². The average molecular weight is 507 g/mol. The standard InChI is InChI=1S/C29H30O8/c1-18(2)16-36-23-10-11-24(25(30)15-23)28(32)22-8-12-26(21(14-22)9-13-27(31)35-3)37-17-19-4-6-20(7-5-19)29(33)34/h4-8,10-12,14-15,18,30H,9,13,16-17H2,1-3H3,(H,33,34). The minimum absolute atomic E-state index is 0.0882. The lowest BCUT2D eigenvalue weighted by Crippen LogP contribution is -2.08. The van der Waals surface area contributed by atoms with E-state index in [1.54, 1.807) is 36.4 Å². The van der Waals surface area contributed by atoms with Crippen molar-refractivity contribution >= 4 is 17.7 Å². The summed E-state index contributed by atoms with van der Waals surface area (Å²) in [6.45, 7) is 4.68. The fourth-order valence-electron chi connectivity index (χ4n) is 3.51. The Bertz CT molecular complexity index is 1260. The van der Waals surface area contributed by atoms with Crippen molar-refractivity contribution in [1.29, 1.82) is 0 Å². The number of methoxy groups -OCH3 is 1. The molecule has 3 aromatic carbocycles. The Kier molecular flexibility index (Phi) is 9.27. The summed E-state index contributed by atoms with van der Waals surface area (Å²) < 4.78 is 16.3. The molecule has 37 heavy (non-hydrogen) atoms. The highest BCUT2D eigenvalue weighted by Crippen LogP contribution is 2.29. The number of carboxylic acids is 1. The SMILES string of the molecule is COC(=O)CCc1cc(C(=O)c2ccc(OCC(C)C)cc2O)ccc1OCc1ccc(C(=O)O)cc1. The summed E-state index contributed by atoms with van der Waals surface area (Å²) >= 11 is 0. The molecule has 0 aliphatic rings. The molecule has 0 saturated carbocycles. The summed E-state index contributed by atoms with van der Waals surface area (Å²) in [4.78, 5) is 36.0. The number of carbonyl (C=O) groups excluding carboxylic acids is 2. The molecule has 0 radical (unpaired) electrons. The Morgan fingerprint density at radius 3 is 2.22 bits per heavy atom. The molecule has 8 heteroatoms. The lowest BCUT2D eigenvalue weighted by molar-refractivity contribution is -0.140. The van der Waals surface area contributed by atoms with Gasteiger partial charge in [-0.1, -0.05) is 26.0 Å². The first-order valence-electron chi connectivity index (χ1n) is 11.8. The quantitative estimate of drug-likeness (QED) is 0.259. The van der Waals surface area contributed by atoms with Crippen LogP contribution in [-0.4, -0.2) is 41.7 Å². The molecule has 8 nitrogen and oxygen atoms in total. The first kappa shape index (κ1) is 27.3. The van der Waals surface area contributed by atoms with Crippen LogP contribution in [0.3, 0.4) is 0 Å². The fourth-order valence-corrected chi connectivity index (χ4v) is 3.51. The van der Waals surface area contributed by atoms with Crippen LogP contribution in [0.4, 0.5) is 0 Å². The van der Waals surface area contributed by atoms with Gasteiger partial charge in [-0.15, -0.1) is 0 Å². The minimum Gasteiger partial charge on any atom is -0.507 e. The zero-order chi connectivity index (χ0) is 26.9. The molecule has 3 aromatic rings. The van der Waals surface area contributed by atoms with Gasteiger partial charge >= 0.3 is 11.9 Å². The predicted octanol–water partition coefficient (Wildman–Crippen LogP) is 5.04. The summed E-state index contributed by atoms with van der Waals surface area (Å²) in [6.07, 6.45) is 0.361. The number of aromatic carboxylic acids is 1. The van der Waals surface area contributed by atoms with Crippen molar-refractivity contribution in [3.05, 3.63) is 88.5 Å². The zero-order valence-electron chi connectivity index (χ0n) is 21.0. The second kappa shape index (κ2) is 12.6. The highest BCUT2D eigenvalue weighted by Gasteiger charge is 2.18. The Morgan fingerprint density at radius 1 is 0.892 bits per heavy atom. The van der Waals surface area contributed by atoms with E-state index in [9.17, 15) is 19.5 Å². The number of hydrogen-bond donors (Lipinski definition) is 2. The van der Waals surface area contributed by atoms with Crippen LogP contribution in [0.15, 0.2) is 60.7 Å². The summed E-state index contributed by atoms with van der Waals surface area (Å²) in [6, 6.07) is 15.8. The number of phenols is 1. The van der Waals surface area contributed by atoms with E-state index in [0.717, 1.165) is 5.56 Å². The van der Waals surface area contributed by atoms with Crippen molar-refractivity contribution in [2.24, 2.45) is 5.92 Å². The Balaban J connectivity index is 1.82. The van der Waals surface area contributed by atoms with Gasteiger partial charge in [0.25, 0.3) is 0 Å². The van der Waals surface area contributed by atoms with E-state index >= 15 is 0 Å². The van der Waals surface area contributed by atoms with Crippen LogP contribution in [0.1, 0.15) is 57.7 Å². The molecule has 194 valence electrons. The third-order valence-corrected chi connectivity index (χ3v) is 5.54. The van der Waals surface area contributed by atoms with Gasteiger partial charge < -0.3 is 24.4 Å². The Morgan fingerprint density at radius 2 is 1.59 bits per heavy atom. The summed E-state index contributed by atoms with van der Waals surface area (Å²) in [5.41, 5.74) is 2.00. The molecule has 3 rings (SSSR count). The predicted molar refractivity (Wildman–Crippen MR) is 136 cm³/mol. The molecule has 0 fully saturated rings. The molecule has 0 amide bonds. The van der Waals surface area contributed by atoms with Crippen LogP contribution in [0.5, 0.6) is 17.2 Å². The van der Waals surface area contributed by atoms with Crippen molar-refractivity contribution in [2.75, 3.05) is 13.7 Å². The number of ketones is 1. The highest BCUT2D eigenvalue weighted by molar-refractivity contribution is 6.11. The molecular weight excluding hydrogens is 476 g/mol. The van der Waals surface area contributed by atoms with E-state index in [1.807, 2.05) is 13.8 Å². The zero-order valence-corrected chi connectivity index (χ0v) is 21.0. The van der Waals surface area contributed by atoms with Gasteiger partial charge in [0.2, 0.25) is 0 Å². The fraction of sp³-hybridized carbons (Fsp3) is 0.276. The highest BCUT2D eigenvalue weighted by atomic mass is 16.5. The van der Waals surface area contributed by atoms with Gasteiger partial charge in [-0.25, -0.2) is 4.79 Å². The minimum atomic E-state index is -1.01. The number of aryl methyl sites for hydroxylation is 1. The van der Waals surface area contributed by atoms with Crippen LogP contribution in [-0.2, 0) is 22.6 Å². The molecular formula is C29H30O8. The van der Waals surface area contributed by atoms with Gasteiger partial charge in [0, 0.05) is 18.1 Å². The molecule has 0 bridgehead atoms. The maximum atomic E-state index is 13.2. The van der Waals surface area contributed by atoms with E-state index in [1.165, 1.54) is 31.4 Å². The lowest BCUT2D eigenvalue weighted by Gasteiger charge is -2.14. The topological polar surface area (TPSA) is 119 Å². The number of phenolic OH excluding ortho intramolecular Hbond substituents is 1. The maximum absolute atomic E-state index is 13.2. The number of aromatic hydroxyl groups is 1. The van der Waals surface area contributed by atoms with Crippen LogP contribution in [0, 0.1) is 5.92 Å². The van der Waals surface area contributed by atoms with Crippen LogP contribution < -0.4 is 9.47 Å². The number of ether oxygens (including phenoxy) is 3. The lowest BCUT2D eigenvalue weighted by atomic mass is 9.98. The van der Waals surface area contributed by atoms with Crippen LogP contribution in [0.2, 0.25) is 0 Å². The third-order valence-electron chi connectivity index (χ3n) is 5.54. The van der Waals surface area contributed by atoms with Crippen LogP contribution >= 0.6 is 0 Å². The number of hydrogen-bond acceptors (Lipinski definition) is 7. The summed E-state index contributed by atoms with van der Waals surface area (Å²) in [7, 11) is 1.30. The molecule has 0 atom stereocenters. The van der Waals surface area contributed by atoms with E-state index in [0.29, 0.717) is 35.2 Å². The smallest absolute Gasteiger partial charge is 0.335 e. The summed E-state index contributed by atoms with van der Waals surface area (Å²) in [5, 5.41) is 19.5. The van der Waals surface area contributed by atoms with Crippen molar-refractivity contribution in [3.63, 3.8) is 0 Å². The largest absolute Gasteiger partial charge is 0.507 e. The average Bonchev–Trinajstić information content (AvgIpc) is 2.89. The van der Waals surface area contributed by atoms with E-state index < -0.39 is 11.9 Å². The second-order valence-corrected chi connectivity index (χ2v) is 8.90. The van der Waals surface area contributed by atoms with E-state index in [2.05, 4.69) is 0 Å². The van der Waals surface area contributed by atoms with Crippen LogP contribution in [0.25, 0.3) is 0 Å². The van der Waals surface area contributed by atoms with E-state index in [4.69, 9.17) is 19.3 Å². The van der Waals surface area contributed by atoms with Crippen molar-refractivity contribution in [1.82, 2.24) is 0 Å². The molecule has 0 aliphatic carbocycles. The Labute approximate surface area is 215 Å². The third kappa shape index (κ3) is 7.57. The first-order valence-corrected chi connectivity index (χ1v) is 11.8. The molecule has 0 heterocycles. The number of carbonyl (C=O) groups is 3. The van der Waals surface area contributed by atoms with Gasteiger partial charge in [-0.3, -0.25) is 9.59 Å². The molecule has 0 spiro atoms. The van der Waals surface area contributed by atoms with Crippen molar-refractivity contribution in [3.8, 4) is 17.2 Å². The first-order chi connectivity index (χ1) is 17.7. The van der Waals surface area contributed by atoms with Crippen molar-refractivity contribution in [2.45, 2.75) is 33.3 Å². The summed E-state index contributed by atoms with van der Waals surface area (Å²) in [5.74, 6) is -0.721. The van der Waals surface area contributed by atoms with Gasteiger partial charge in [0.1, 0.15) is 23.9 Å². The molecule has 0 unspecified atom stereocenters. The maximum Gasteiger partial charge on any atom is 0.335 e. The number of rotatable bonds is 12. The molecule has 0 aromatic heterocycles. The van der Waals surface area contributed by atoms with Gasteiger partial charge in [0.15, 0.2) is 5.78 Å². The van der Waals surface area contributed by atoms with Gasteiger partial charge in [0.05, 0.1) is 24.8 Å². The van der Waals surface area contributed by atoms with Gasteiger partial charge in [-0.05, 0) is 65.9 Å². The Hall–Kier alpha value is -4.33. The normalized spacial score (nSPS) is 10.7. The second-order valence-electron chi connectivity index (χ2n) is 8.90. The number of carboxylic acid groups (broad SMARTS) is 1. The number of benzene rings is 3. The monoisotopic (exact) mass is 506 g/mol. The number of esters is 1. The molecule has 0 aliphatic heterocycles. The van der Waals surface area contributed by atoms with Gasteiger partial charge in [-0.2, -0.15) is 0 Å².